The third-order valence-electron chi connectivity index (χ3n) is 13.2. The van der Waals surface area contributed by atoms with Gasteiger partial charge in [-0.15, -0.1) is 0 Å². The molecule has 0 amide bonds. The molecule has 3 nitrogen and oxygen atoms in total. The number of hydrogen-bond acceptors (Lipinski definition) is 2. The molecule has 0 spiro atoms. The Morgan fingerprint density at radius 2 is 0.892 bits per heavy atom. The molecule has 0 saturated heterocycles. The largest absolute Gasteiger partial charge is 0.455 e. The van der Waals surface area contributed by atoms with Crippen LogP contribution in [0.15, 0.2) is 247 Å². The van der Waals surface area contributed by atoms with Crippen molar-refractivity contribution in [3.05, 3.63) is 243 Å². The molecule has 11 aromatic carbocycles. The van der Waals surface area contributed by atoms with E-state index in [1.54, 1.807) is 0 Å². The van der Waals surface area contributed by atoms with E-state index in [0.717, 1.165) is 66.8 Å². The molecular formula is C62H40N2O. The van der Waals surface area contributed by atoms with Crippen LogP contribution < -0.4 is 4.90 Å². The standard InChI is InChI=1S/C62H40N2O/c1-3-13-42(14-4-1)52-23-12-16-44-25-26-46(38-57(44)52)41-27-31-49(32-28-41)63(51-33-35-55-56-34-29-43-15-7-8-21-53(43)62(56)65-61(55)40-51)50-20-11-17-45(37-50)47-30-36-60-58(39-47)54-22-9-10-24-59(54)64(60)48-18-5-2-6-19-48/h1-40H. The number of benzene rings is 11. The zero-order valence-electron chi connectivity index (χ0n) is 35.4. The van der Waals surface area contributed by atoms with Crippen molar-refractivity contribution >= 4 is 82.4 Å². The van der Waals surface area contributed by atoms with E-state index in [-0.39, 0.29) is 0 Å². The number of nitrogens with zero attached hydrogens (tertiary/aromatic N) is 2. The number of furan rings is 1. The van der Waals surface area contributed by atoms with Crippen LogP contribution in [0, 0.1) is 0 Å². The van der Waals surface area contributed by atoms with E-state index in [1.807, 2.05) is 0 Å². The van der Waals surface area contributed by atoms with E-state index in [1.165, 1.54) is 54.7 Å². The van der Waals surface area contributed by atoms with Gasteiger partial charge in [-0.05, 0) is 128 Å². The first-order chi connectivity index (χ1) is 32.2. The van der Waals surface area contributed by atoms with Crippen molar-refractivity contribution in [3.8, 4) is 39.1 Å². The highest BCUT2D eigenvalue weighted by Gasteiger charge is 2.19. The third kappa shape index (κ3) is 6.20. The van der Waals surface area contributed by atoms with Gasteiger partial charge in [0.15, 0.2) is 0 Å². The van der Waals surface area contributed by atoms with E-state index in [4.69, 9.17) is 4.42 Å². The average molecular weight is 829 g/mol. The predicted octanol–water partition coefficient (Wildman–Crippen LogP) is 17.5. The summed E-state index contributed by atoms with van der Waals surface area (Å²) in [5.41, 5.74) is 15.6. The molecule has 0 saturated carbocycles. The summed E-state index contributed by atoms with van der Waals surface area (Å²) in [6, 6.07) is 87.7. The van der Waals surface area contributed by atoms with Gasteiger partial charge < -0.3 is 13.9 Å². The summed E-state index contributed by atoms with van der Waals surface area (Å²) in [6.45, 7) is 0. The number of para-hydroxylation sites is 2. The Morgan fingerprint density at radius 1 is 0.308 bits per heavy atom. The lowest BCUT2D eigenvalue weighted by Crippen LogP contribution is -2.10. The van der Waals surface area contributed by atoms with Crippen LogP contribution in [0.4, 0.5) is 17.1 Å². The first-order valence-corrected chi connectivity index (χ1v) is 22.2. The Labute approximate surface area is 376 Å². The predicted molar refractivity (Wildman–Crippen MR) is 274 cm³/mol. The molecule has 2 heterocycles. The molecule has 13 aromatic rings. The summed E-state index contributed by atoms with van der Waals surface area (Å²) in [6.07, 6.45) is 0. The Balaban J connectivity index is 0.944. The van der Waals surface area contributed by atoms with Crippen LogP contribution in [-0.2, 0) is 0 Å². The van der Waals surface area contributed by atoms with Crippen molar-refractivity contribution in [2.24, 2.45) is 0 Å². The first kappa shape index (κ1) is 36.9. The van der Waals surface area contributed by atoms with Crippen LogP contribution in [0.3, 0.4) is 0 Å². The zero-order valence-corrected chi connectivity index (χ0v) is 35.4. The summed E-state index contributed by atoms with van der Waals surface area (Å²) in [7, 11) is 0. The summed E-state index contributed by atoms with van der Waals surface area (Å²) in [4.78, 5) is 2.35. The van der Waals surface area contributed by atoms with Crippen LogP contribution in [-0.4, -0.2) is 4.57 Å². The molecule has 0 aliphatic rings. The highest BCUT2D eigenvalue weighted by atomic mass is 16.3. The number of rotatable bonds is 7. The van der Waals surface area contributed by atoms with Crippen molar-refractivity contribution in [3.63, 3.8) is 0 Å². The molecule has 65 heavy (non-hydrogen) atoms. The molecule has 2 aromatic heterocycles. The van der Waals surface area contributed by atoms with E-state index in [9.17, 15) is 0 Å². The van der Waals surface area contributed by atoms with Crippen LogP contribution in [0.25, 0.3) is 104 Å². The molecule has 13 rings (SSSR count). The Bertz CT molecular complexity index is 3940. The van der Waals surface area contributed by atoms with E-state index >= 15 is 0 Å². The normalized spacial score (nSPS) is 11.7. The van der Waals surface area contributed by atoms with Gasteiger partial charge >= 0.3 is 0 Å². The van der Waals surface area contributed by atoms with E-state index in [2.05, 4.69) is 252 Å². The lowest BCUT2D eigenvalue weighted by Gasteiger charge is -2.26. The van der Waals surface area contributed by atoms with Crippen LogP contribution in [0.5, 0.6) is 0 Å². The van der Waals surface area contributed by atoms with Gasteiger partial charge in [-0.2, -0.15) is 0 Å². The minimum absolute atomic E-state index is 0.859. The highest BCUT2D eigenvalue weighted by Crippen LogP contribution is 2.43. The fourth-order valence-electron chi connectivity index (χ4n) is 10.0. The van der Waals surface area contributed by atoms with Gasteiger partial charge in [-0.3, -0.25) is 0 Å². The maximum absolute atomic E-state index is 6.76. The second kappa shape index (κ2) is 15.0. The number of hydrogen-bond donors (Lipinski definition) is 0. The number of aromatic nitrogens is 1. The molecule has 0 aliphatic heterocycles. The van der Waals surface area contributed by atoms with Crippen molar-refractivity contribution in [2.75, 3.05) is 4.90 Å². The molecule has 0 radical (unpaired) electrons. The van der Waals surface area contributed by atoms with Crippen molar-refractivity contribution < 1.29 is 4.42 Å². The lowest BCUT2D eigenvalue weighted by molar-refractivity contribution is 0.672. The van der Waals surface area contributed by atoms with Crippen LogP contribution >= 0.6 is 0 Å². The second-order valence-electron chi connectivity index (χ2n) is 16.9. The maximum Gasteiger partial charge on any atom is 0.143 e. The van der Waals surface area contributed by atoms with Gasteiger partial charge in [0, 0.05) is 55.7 Å². The number of fused-ring (bicyclic) bond motifs is 9. The monoisotopic (exact) mass is 828 g/mol. The fourth-order valence-corrected chi connectivity index (χ4v) is 10.0. The highest BCUT2D eigenvalue weighted by molar-refractivity contribution is 6.15. The van der Waals surface area contributed by atoms with E-state index in [0.29, 0.717) is 0 Å². The van der Waals surface area contributed by atoms with Gasteiger partial charge in [0.2, 0.25) is 0 Å². The van der Waals surface area contributed by atoms with E-state index < -0.39 is 0 Å². The fraction of sp³-hybridized carbons (Fsp3) is 0. The summed E-state index contributed by atoms with van der Waals surface area (Å²) in [5, 5.41) is 9.46. The zero-order chi connectivity index (χ0) is 42.8. The minimum atomic E-state index is 0.859. The molecule has 0 atom stereocenters. The molecule has 0 unspecified atom stereocenters. The molecule has 0 fully saturated rings. The molecule has 3 heteroatoms. The van der Waals surface area contributed by atoms with Crippen molar-refractivity contribution in [1.29, 1.82) is 0 Å². The third-order valence-corrected chi connectivity index (χ3v) is 13.2. The summed E-state index contributed by atoms with van der Waals surface area (Å²) in [5.74, 6) is 0. The SMILES string of the molecule is c1ccc(-c2cccc3ccc(-c4ccc(N(c5cccc(-c6ccc7c(c6)c6ccccc6n7-c6ccccc6)c5)c5ccc6c(c5)oc5c7ccccc7ccc65)cc4)cc23)cc1. The Kier molecular flexibility index (Phi) is 8.53. The number of anilines is 3. The van der Waals surface area contributed by atoms with Gasteiger partial charge in [0.25, 0.3) is 0 Å². The smallest absolute Gasteiger partial charge is 0.143 e. The quantitative estimate of drug-likeness (QED) is 0.160. The molecular weight excluding hydrogens is 789 g/mol. The topological polar surface area (TPSA) is 21.3 Å². The molecule has 0 N–H and O–H groups in total. The molecule has 0 aliphatic carbocycles. The van der Waals surface area contributed by atoms with Crippen molar-refractivity contribution in [1.82, 2.24) is 4.57 Å². The molecule has 304 valence electrons. The first-order valence-electron chi connectivity index (χ1n) is 22.2. The average Bonchev–Trinajstić information content (AvgIpc) is 3.92. The molecule has 0 bridgehead atoms. The van der Waals surface area contributed by atoms with Gasteiger partial charge in [0.1, 0.15) is 11.2 Å². The van der Waals surface area contributed by atoms with Gasteiger partial charge in [-0.1, -0.05) is 158 Å². The minimum Gasteiger partial charge on any atom is -0.455 e. The lowest BCUT2D eigenvalue weighted by atomic mass is 9.95. The van der Waals surface area contributed by atoms with Crippen LogP contribution in [0.1, 0.15) is 0 Å². The maximum atomic E-state index is 6.76. The summed E-state index contributed by atoms with van der Waals surface area (Å²) < 4.78 is 9.12. The Morgan fingerprint density at radius 3 is 1.77 bits per heavy atom. The van der Waals surface area contributed by atoms with Gasteiger partial charge in [-0.25, -0.2) is 0 Å². The second-order valence-corrected chi connectivity index (χ2v) is 16.9. The van der Waals surface area contributed by atoms with Crippen LogP contribution in [0.2, 0.25) is 0 Å². The Hall–Kier alpha value is -8.66. The van der Waals surface area contributed by atoms with Gasteiger partial charge in [0.05, 0.1) is 11.0 Å². The summed E-state index contributed by atoms with van der Waals surface area (Å²) >= 11 is 0. The van der Waals surface area contributed by atoms with Crippen molar-refractivity contribution in [2.45, 2.75) is 0 Å².